The van der Waals surface area contributed by atoms with Crippen LogP contribution in [0.3, 0.4) is 0 Å². The zero-order chi connectivity index (χ0) is 12.3. The smallest absolute Gasteiger partial charge is 0.0175 e. The van der Waals surface area contributed by atoms with E-state index in [0.717, 1.165) is 15.6 Å². The summed E-state index contributed by atoms with van der Waals surface area (Å²) in [6, 6.07) is 0. The molecule has 0 amide bonds. The van der Waals surface area contributed by atoms with Crippen molar-refractivity contribution in [2.24, 2.45) is 0 Å². The fourth-order valence-corrected chi connectivity index (χ4v) is 0.963. The maximum atomic E-state index is 3.94. The molecule has 0 aromatic heterocycles. The fourth-order valence-electron chi connectivity index (χ4n) is 0.687. The molecule has 0 atom stereocenters. The molecule has 1 heteroatoms. The van der Waals surface area contributed by atoms with Gasteiger partial charge in [-0.3, -0.25) is 0 Å². The summed E-state index contributed by atoms with van der Waals surface area (Å²) in [4.78, 5) is 0. The van der Waals surface area contributed by atoms with E-state index in [9.17, 15) is 0 Å². The van der Waals surface area contributed by atoms with Crippen LogP contribution in [0.5, 0.6) is 0 Å². The van der Waals surface area contributed by atoms with Crippen LogP contribution in [0.4, 0.5) is 0 Å². The quantitative estimate of drug-likeness (QED) is 0.586. The lowest BCUT2D eigenvalue weighted by Crippen LogP contribution is -1.78. The molecule has 0 radical (unpaired) electrons. The molecule has 0 bridgehead atoms. The summed E-state index contributed by atoms with van der Waals surface area (Å²) in [7, 11) is 0. The van der Waals surface area contributed by atoms with Crippen molar-refractivity contribution in [1.82, 2.24) is 0 Å². The van der Waals surface area contributed by atoms with Gasteiger partial charge in [0.25, 0.3) is 0 Å². The van der Waals surface area contributed by atoms with Crippen LogP contribution in [0.1, 0.15) is 27.7 Å². The third-order valence-electron chi connectivity index (χ3n) is 1.55. The van der Waals surface area contributed by atoms with E-state index in [1.165, 1.54) is 0 Å². The first-order valence-corrected chi connectivity index (χ1v) is 5.89. The highest BCUT2D eigenvalue weighted by Crippen LogP contribution is 2.15. The molecule has 84 valence electrons. The number of halogens is 1. The van der Waals surface area contributed by atoms with Crippen molar-refractivity contribution >= 4 is 15.9 Å². The fraction of sp³-hybridized carbons (Fsp3) is 0.286. The number of rotatable bonds is 4. The zero-order valence-electron chi connectivity index (χ0n) is 10.2. The number of hydrogen-bond acceptors (Lipinski definition) is 0. The van der Waals surface area contributed by atoms with Crippen LogP contribution >= 0.6 is 15.9 Å². The first kappa shape index (κ1) is 16.6. The molecule has 0 aliphatic heterocycles. The van der Waals surface area contributed by atoms with Crippen LogP contribution in [0.15, 0.2) is 59.2 Å². The normalized spacial score (nSPS) is 12.1. The van der Waals surface area contributed by atoms with E-state index in [1.807, 2.05) is 52.0 Å². The molecular weight excluding hydrogens is 248 g/mol. The maximum Gasteiger partial charge on any atom is 0.0175 e. The van der Waals surface area contributed by atoms with Gasteiger partial charge in [-0.2, -0.15) is 0 Å². The largest absolute Gasteiger partial charge is 0.0979 e. The van der Waals surface area contributed by atoms with Crippen molar-refractivity contribution in [3.05, 3.63) is 59.2 Å². The van der Waals surface area contributed by atoms with Gasteiger partial charge < -0.3 is 0 Å². The van der Waals surface area contributed by atoms with Crippen LogP contribution < -0.4 is 0 Å². The minimum Gasteiger partial charge on any atom is -0.0979 e. The molecule has 0 saturated carbocycles. The molecule has 0 heterocycles. The molecule has 0 aliphatic carbocycles. The van der Waals surface area contributed by atoms with E-state index in [1.54, 1.807) is 6.08 Å². The second-order valence-corrected chi connectivity index (χ2v) is 3.55. The number of hydrogen-bond donors (Lipinski definition) is 0. The molecule has 15 heavy (non-hydrogen) atoms. The average molecular weight is 269 g/mol. The van der Waals surface area contributed by atoms with Crippen molar-refractivity contribution < 1.29 is 0 Å². The summed E-state index contributed by atoms with van der Waals surface area (Å²) < 4.78 is 0.950. The molecule has 0 aliphatic rings. The SMILES string of the molecule is C=C/C(Br)=C\C(=C)/C(C)=C/C=C\C.CC. The monoisotopic (exact) mass is 268 g/mol. The van der Waals surface area contributed by atoms with E-state index in [-0.39, 0.29) is 0 Å². The molecule has 0 N–H and O–H groups in total. The van der Waals surface area contributed by atoms with E-state index in [2.05, 4.69) is 29.1 Å². The standard InChI is InChI=1S/C12H15Br.C2H6/c1-5-7-8-10(3)11(4)9-12(13)6-2;1-2/h5-9H,2,4H2,1,3H3;1-2H3/b7-5-,10-8+,12-9+;. The molecule has 0 unspecified atom stereocenters. The van der Waals surface area contributed by atoms with Gasteiger partial charge in [-0.25, -0.2) is 0 Å². The van der Waals surface area contributed by atoms with Crippen molar-refractivity contribution in [1.29, 1.82) is 0 Å². The lowest BCUT2D eigenvalue weighted by atomic mass is 10.1. The Bertz CT molecular complexity index is 278. The lowest BCUT2D eigenvalue weighted by Gasteiger charge is -1.98. The second-order valence-electron chi connectivity index (χ2n) is 2.63. The Kier molecular flexibility index (Phi) is 12.5. The molecular formula is C14H21Br. The van der Waals surface area contributed by atoms with Crippen molar-refractivity contribution in [3.8, 4) is 0 Å². The molecule has 0 aromatic rings. The highest BCUT2D eigenvalue weighted by Gasteiger charge is 1.92. The van der Waals surface area contributed by atoms with E-state index in [0.29, 0.717) is 0 Å². The van der Waals surface area contributed by atoms with Gasteiger partial charge >= 0.3 is 0 Å². The van der Waals surface area contributed by atoms with Gasteiger partial charge in [-0.05, 0) is 31.1 Å². The van der Waals surface area contributed by atoms with Crippen LogP contribution in [-0.4, -0.2) is 0 Å². The van der Waals surface area contributed by atoms with Gasteiger partial charge in [0, 0.05) is 4.48 Å². The Hall–Kier alpha value is -0.820. The van der Waals surface area contributed by atoms with Gasteiger partial charge in [-0.1, -0.05) is 67.2 Å². The van der Waals surface area contributed by atoms with Gasteiger partial charge in [0.05, 0.1) is 0 Å². The van der Waals surface area contributed by atoms with E-state index in [4.69, 9.17) is 0 Å². The minimum absolute atomic E-state index is 0.950. The van der Waals surface area contributed by atoms with Gasteiger partial charge in [0.15, 0.2) is 0 Å². The molecule has 0 spiro atoms. The Balaban J connectivity index is 0. The molecule has 0 rings (SSSR count). The van der Waals surface area contributed by atoms with Crippen molar-refractivity contribution in [3.63, 3.8) is 0 Å². The first-order chi connectivity index (χ1) is 7.11. The van der Waals surface area contributed by atoms with Crippen molar-refractivity contribution in [2.75, 3.05) is 0 Å². The van der Waals surface area contributed by atoms with Crippen LogP contribution in [0.2, 0.25) is 0 Å². The third kappa shape index (κ3) is 9.48. The maximum absolute atomic E-state index is 3.94. The van der Waals surface area contributed by atoms with E-state index < -0.39 is 0 Å². The second kappa shape index (κ2) is 11.3. The predicted molar refractivity (Wildman–Crippen MR) is 76.3 cm³/mol. The summed E-state index contributed by atoms with van der Waals surface area (Å²) in [5.74, 6) is 0. The molecule has 0 nitrogen and oxygen atoms in total. The average Bonchev–Trinajstić information content (AvgIpc) is 2.28. The molecule has 0 saturated heterocycles. The Morgan fingerprint density at radius 2 is 1.80 bits per heavy atom. The predicted octanol–water partition coefficient (Wildman–Crippen LogP) is 5.56. The molecule has 0 aromatic carbocycles. The van der Waals surface area contributed by atoms with Crippen LogP contribution in [-0.2, 0) is 0 Å². The third-order valence-corrected chi connectivity index (χ3v) is 2.10. The highest BCUT2D eigenvalue weighted by molar-refractivity contribution is 9.11. The zero-order valence-corrected chi connectivity index (χ0v) is 11.8. The van der Waals surface area contributed by atoms with Crippen LogP contribution in [0, 0.1) is 0 Å². The topological polar surface area (TPSA) is 0 Å². The number of allylic oxidation sites excluding steroid dienone is 8. The Morgan fingerprint density at radius 3 is 2.20 bits per heavy atom. The van der Waals surface area contributed by atoms with Gasteiger partial charge in [-0.15, -0.1) is 0 Å². The highest BCUT2D eigenvalue weighted by atomic mass is 79.9. The Morgan fingerprint density at radius 1 is 1.27 bits per heavy atom. The summed E-state index contributed by atoms with van der Waals surface area (Å²) in [6.07, 6.45) is 9.71. The Labute approximate surface area is 103 Å². The van der Waals surface area contributed by atoms with E-state index >= 15 is 0 Å². The summed E-state index contributed by atoms with van der Waals surface area (Å²) >= 11 is 3.35. The van der Waals surface area contributed by atoms with Gasteiger partial charge in [0.2, 0.25) is 0 Å². The van der Waals surface area contributed by atoms with Crippen molar-refractivity contribution in [2.45, 2.75) is 27.7 Å². The molecule has 0 fully saturated rings. The summed E-state index contributed by atoms with van der Waals surface area (Å²) in [5, 5.41) is 0. The lowest BCUT2D eigenvalue weighted by molar-refractivity contribution is 1.44. The van der Waals surface area contributed by atoms with Crippen LogP contribution in [0.25, 0.3) is 0 Å². The summed E-state index contributed by atoms with van der Waals surface area (Å²) in [5.41, 5.74) is 2.14. The summed E-state index contributed by atoms with van der Waals surface area (Å²) in [6.45, 7) is 15.6. The van der Waals surface area contributed by atoms with Gasteiger partial charge in [0.1, 0.15) is 0 Å². The first-order valence-electron chi connectivity index (χ1n) is 5.10. The minimum atomic E-state index is 0.950.